The van der Waals surface area contributed by atoms with Crippen molar-refractivity contribution in [3.8, 4) is 22.4 Å². The predicted molar refractivity (Wildman–Crippen MR) is 157 cm³/mol. The van der Waals surface area contributed by atoms with Crippen molar-refractivity contribution in [3.05, 3.63) is 64.4 Å². The maximum absolute atomic E-state index is 13.9. The number of anilines is 1. The number of carbonyl (C=O) groups excluding carboxylic acids is 2. The number of nitrogens with one attached hydrogen (secondary N) is 1. The normalized spacial score (nSPS) is 12.0. The molecule has 6 rings (SSSR count). The van der Waals surface area contributed by atoms with E-state index in [1.54, 1.807) is 30.1 Å². The Balaban J connectivity index is 1.50. The van der Waals surface area contributed by atoms with Crippen molar-refractivity contribution in [2.45, 2.75) is 47.0 Å². The van der Waals surface area contributed by atoms with Crippen LogP contribution in [0.15, 0.2) is 36.8 Å². The fourth-order valence-electron chi connectivity index (χ4n) is 5.18. The van der Waals surface area contributed by atoms with E-state index >= 15 is 0 Å². The van der Waals surface area contributed by atoms with Gasteiger partial charge in [0.1, 0.15) is 15.4 Å². The average Bonchev–Trinajstić information content (AvgIpc) is 3.75. The minimum atomic E-state index is -4.77. The van der Waals surface area contributed by atoms with Crippen LogP contribution in [0.1, 0.15) is 51.1 Å². The summed E-state index contributed by atoms with van der Waals surface area (Å²) in [6.45, 7) is 8.61. The van der Waals surface area contributed by atoms with E-state index in [0.717, 1.165) is 17.3 Å². The van der Waals surface area contributed by atoms with Crippen LogP contribution in [-0.4, -0.2) is 51.0 Å². The van der Waals surface area contributed by atoms with Gasteiger partial charge >= 0.3 is 6.18 Å². The highest BCUT2D eigenvalue weighted by molar-refractivity contribution is 7.21. The molecule has 0 aromatic carbocycles. The number of nitrogens with zero attached hydrogens (tertiary/aromatic N) is 8. The number of hydrogen-bond donors (Lipinski definition) is 2. The van der Waals surface area contributed by atoms with Crippen LogP contribution >= 0.6 is 11.3 Å². The van der Waals surface area contributed by atoms with E-state index in [-0.39, 0.29) is 32.0 Å². The summed E-state index contributed by atoms with van der Waals surface area (Å²) in [7, 11) is 0. The molecule has 226 valence electrons. The molecule has 0 saturated heterocycles. The minimum Gasteiger partial charge on any atom is -0.365 e. The van der Waals surface area contributed by atoms with Crippen LogP contribution in [0.25, 0.3) is 38.2 Å². The van der Waals surface area contributed by atoms with Gasteiger partial charge in [0.25, 0.3) is 11.8 Å². The van der Waals surface area contributed by atoms with Crippen molar-refractivity contribution in [1.82, 2.24) is 39.1 Å². The van der Waals surface area contributed by atoms with E-state index in [0.29, 0.717) is 47.0 Å². The average molecular weight is 623 g/mol. The number of nitrogens with two attached hydrogens (primary N) is 1. The quantitative estimate of drug-likeness (QED) is 0.252. The lowest BCUT2D eigenvalue weighted by Crippen LogP contribution is -2.17. The van der Waals surface area contributed by atoms with Gasteiger partial charge in [-0.05, 0) is 45.4 Å². The zero-order valence-electron chi connectivity index (χ0n) is 23.9. The molecule has 0 unspecified atom stereocenters. The minimum absolute atomic E-state index is 0.0448. The van der Waals surface area contributed by atoms with E-state index in [4.69, 9.17) is 5.73 Å². The number of amides is 2. The topological polar surface area (TPSA) is 151 Å². The van der Waals surface area contributed by atoms with Gasteiger partial charge in [-0.15, -0.1) is 11.3 Å². The van der Waals surface area contributed by atoms with Crippen molar-refractivity contribution in [1.29, 1.82) is 0 Å². The van der Waals surface area contributed by atoms with Crippen molar-refractivity contribution >= 4 is 44.7 Å². The molecule has 16 heteroatoms. The molecule has 0 aliphatic carbocycles. The second-order valence-corrected chi connectivity index (χ2v) is 10.9. The van der Waals surface area contributed by atoms with Gasteiger partial charge in [0.2, 0.25) is 0 Å². The number of primary amides is 1. The Labute approximate surface area is 251 Å². The summed E-state index contributed by atoms with van der Waals surface area (Å²) in [5.41, 5.74) is 8.20. The van der Waals surface area contributed by atoms with E-state index in [1.165, 1.54) is 16.8 Å². The summed E-state index contributed by atoms with van der Waals surface area (Å²) >= 11 is 0.663. The number of fused-ring (bicyclic) bond motifs is 2. The van der Waals surface area contributed by atoms with E-state index in [2.05, 4.69) is 30.6 Å². The number of aromatic nitrogens is 8. The zero-order chi connectivity index (χ0) is 31.5. The molecule has 0 bridgehead atoms. The standard InChI is InChI=1S/C28H25F3N10O2S/c1-5-39-13(3)16(11-34-39)15-9-20(28(29,30)31)36-27-22(15)23(24(44-27)25(32)42)37-26(43)18-10-21-33-8-7-19(41(21)38-18)17-12-35-40(6-2)14(17)4/h7-12H,5-6H2,1-4H3,(H2,32,42)(H,37,43). The summed E-state index contributed by atoms with van der Waals surface area (Å²) in [5, 5.41) is 15.9. The number of halogens is 3. The summed E-state index contributed by atoms with van der Waals surface area (Å²) in [4.78, 5) is 34.0. The van der Waals surface area contributed by atoms with Crippen LogP contribution < -0.4 is 11.1 Å². The van der Waals surface area contributed by atoms with Gasteiger partial charge in [0, 0.05) is 53.3 Å². The van der Waals surface area contributed by atoms with Crippen molar-refractivity contribution in [2.75, 3.05) is 5.32 Å². The smallest absolute Gasteiger partial charge is 0.365 e. The fourth-order valence-corrected chi connectivity index (χ4v) is 6.19. The first kappa shape index (κ1) is 29.0. The number of thiophene rings is 1. The molecule has 3 N–H and O–H groups in total. The Hall–Kier alpha value is -5.12. The maximum Gasteiger partial charge on any atom is 0.433 e. The first-order valence-corrected chi connectivity index (χ1v) is 14.3. The molecule has 0 radical (unpaired) electrons. The summed E-state index contributed by atoms with van der Waals surface area (Å²) in [6, 6.07) is 4.10. The fraction of sp³-hybridized carbons (Fsp3) is 0.250. The molecule has 0 saturated carbocycles. The highest BCUT2D eigenvalue weighted by Gasteiger charge is 2.35. The van der Waals surface area contributed by atoms with E-state index in [1.807, 2.05) is 25.5 Å². The van der Waals surface area contributed by atoms with Crippen LogP contribution in [0, 0.1) is 13.8 Å². The summed E-state index contributed by atoms with van der Waals surface area (Å²) in [5.74, 6) is -1.66. The summed E-state index contributed by atoms with van der Waals surface area (Å²) < 4.78 is 46.7. The molecule has 2 amide bonds. The number of pyridine rings is 1. The zero-order valence-corrected chi connectivity index (χ0v) is 24.7. The van der Waals surface area contributed by atoms with Crippen molar-refractivity contribution in [2.24, 2.45) is 5.73 Å². The number of hydrogen-bond acceptors (Lipinski definition) is 8. The molecule has 0 aliphatic heterocycles. The highest BCUT2D eigenvalue weighted by atomic mass is 32.1. The lowest BCUT2D eigenvalue weighted by Gasteiger charge is -2.12. The molecule has 12 nitrogen and oxygen atoms in total. The molecule has 6 aromatic rings. The molecule has 0 fully saturated rings. The number of rotatable bonds is 7. The van der Waals surface area contributed by atoms with Gasteiger partial charge in [-0.1, -0.05) is 0 Å². The second kappa shape index (κ2) is 10.6. The molecule has 0 atom stereocenters. The van der Waals surface area contributed by atoms with Gasteiger partial charge < -0.3 is 11.1 Å². The Morgan fingerprint density at radius 2 is 1.66 bits per heavy atom. The third-order valence-electron chi connectivity index (χ3n) is 7.38. The first-order valence-electron chi connectivity index (χ1n) is 13.5. The van der Waals surface area contributed by atoms with E-state index < -0.39 is 23.7 Å². The third kappa shape index (κ3) is 4.67. The number of carbonyl (C=O) groups is 2. The monoisotopic (exact) mass is 622 g/mol. The van der Waals surface area contributed by atoms with E-state index in [9.17, 15) is 22.8 Å². The largest absolute Gasteiger partial charge is 0.433 e. The van der Waals surface area contributed by atoms with Crippen molar-refractivity contribution < 1.29 is 22.8 Å². The molecule has 6 heterocycles. The predicted octanol–water partition coefficient (Wildman–Crippen LogP) is 5.09. The van der Waals surface area contributed by atoms with Crippen LogP contribution in [-0.2, 0) is 19.3 Å². The Morgan fingerprint density at radius 1 is 1.00 bits per heavy atom. The lowest BCUT2D eigenvalue weighted by molar-refractivity contribution is -0.140. The molecule has 0 spiro atoms. The Morgan fingerprint density at radius 3 is 2.27 bits per heavy atom. The molecule has 0 aliphatic rings. The van der Waals surface area contributed by atoms with Crippen molar-refractivity contribution in [3.63, 3.8) is 0 Å². The third-order valence-corrected chi connectivity index (χ3v) is 8.48. The number of alkyl halides is 3. The molecule has 6 aromatic heterocycles. The Bertz CT molecular complexity index is 2100. The van der Waals surface area contributed by atoms with Gasteiger partial charge in [0.15, 0.2) is 11.3 Å². The SMILES string of the molecule is CCn1ncc(-c2cc(C(F)(F)F)nc3sc(C(N)=O)c(NC(=O)c4cc5nccc(-c6cnn(CC)c6C)n5n4)c23)c1C. The first-order chi connectivity index (χ1) is 20.9. The lowest BCUT2D eigenvalue weighted by atomic mass is 10.0. The molecular weight excluding hydrogens is 597 g/mol. The molecular formula is C28H25F3N10O2S. The summed E-state index contributed by atoms with van der Waals surface area (Å²) in [6.07, 6.45) is -0.0363. The van der Waals surface area contributed by atoms with Crippen LogP contribution in [0.4, 0.5) is 18.9 Å². The second-order valence-electron chi connectivity index (χ2n) is 9.91. The van der Waals surface area contributed by atoms with Crippen LogP contribution in [0.5, 0.6) is 0 Å². The van der Waals surface area contributed by atoms with Gasteiger partial charge in [0.05, 0.1) is 23.8 Å². The number of aryl methyl sites for hydroxylation is 2. The molecule has 44 heavy (non-hydrogen) atoms. The van der Waals surface area contributed by atoms with Crippen LogP contribution in [0.3, 0.4) is 0 Å². The van der Waals surface area contributed by atoms with Gasteiger partial charge in [-0.25, -0.2) is 14.5 Å². The Kier molecular flexibility index (Phi) is 6.95. The van der Waals surface area contributed by atoms with Crippen LogP contribution in [0.2, 0.25) is 0 Å². The highest BCUT2D eigenvalue weighted by Crippen LogP contribution is 2.44. The van der Waals surface area contributed by atoms with Gasteiger partial charge in [-0.2, -0.15) is 28.5 Å². The van der Waals surface area contributed by atoms with Gasteiger partial charge in [-0.3, -0.25) is 19.0 Å². The maximum atomic E-state index is 13.9.